The number of hydrogen-bond donors (Lipinski definition) is 1. The molecule has 1 N–H and O–H groups in total. The van der Waals surface area contributed by atoms with Gasteiger partial charge in [0.25, 0.3) is 0 Å². The Balaban J connectivity index is 1.93. The summed E-state index contributed by atoms with van der Waals surface area (Å²) in [6, 6.07) is 0. The van der Waals surface area contributed by atoms with E-state index in [0.29, 0.717) is 12.3 Å². The Labute approximate surface area is 96.3 Å². The second kappa shape index (κ2) is 5.46. The quantitative estimate of drug-likeness (QED) is 0.837. The molecule has 1 unspecified atom stereocenters. The van der Waals surface area contributed by atoms with Gasteiger partial charge in [0.2, 0.25) is 0 Å². The summed E-state index contributed by atoms with van der Waals surface area (Å²) < 4.78 is 7.38. The van der Waals surface area contributed by atoms with Crippen molar-refractivity contribution in [3.05, 3.63) is 18.2 Å². The Kier molecular flexibility index (Phi) is 3.96. The maximum atomic E-state index is 10.2. The molecule has 1 saturated heterocycles. The van der Waals surface area contributed by atoms with Crippen molar-refractivity contribution in [1.82, 2.24) is 9.55 Å². The van der Waals surface area contributed by atoms with Gasteiger partial charge in [-0.3, -0.25) is 0 Å². The van der Waals surface area contributed by atoms with E-state index in [1.807, 2.05) is 6.20 Å². The first kappa shape index (κ1) is 11.6. The third kappa shape index (κ3) is 2.62. The summed E-state index contributed by atoms with van der Waals surface area (Å²) in [5.41, 5.74) is 0. The Morgan fingerprint density at radius 1 is 1.56 bits per heavy atom. The van der Waals surface area contributed by atoms with Gasteiger partial charge in [0, 0.05) is 38.6 Å². The number of nitrogens with zero attached hydrogens (tertiary/aromatic N) is 2. The Hall–Kier alpha value is -0.870. The van der Waals surface area contributed by atoms with Gasteiger partial charge in [0.15, 0.2) is 0 Å². The van der Waals surface area contributed by atoms with Gasteiger partial charge >= 0.3 is 0 Å². The average molecular weight is 224 g/mol. The smallest absolute Gasteiger partial charge is 0.111 e. The fourth-order valence-corrected chi connectivity index (χ4v) is 2.27. The lowest BCUT2D eigenvalue weighted by atomic mass is 9.92. The summed E-state index contributed by atoms with van der Waals surface area (Å²) in [7, 11) is 0. The summed E-state index contributed by atoms with van der Waals surface area (Å²) in [6.45, 7) is 4.57. The molecule has 0 bridgehead atoms. The van der Waals surface area contributed by atoms with E-state index in [1.54, 1.807) is 6.20 Å². The van der Waals surface area contributed by atoms with E-state index in [0.717, 1.165) is 38.4 Å². The number of aromatic nitrogens is 2. The minimum Gasteiger partial charge on any atom is -0.392 e. The lowest BCUT2D eigenvalue weighted by Gasteiger charge is -2.26. The van der Waals surface area contributed by atoms with Gasteiger partial charge in [-0.05, 0) is 25.7 Å². The molecule has 0 amide bonds. The van der Waals surface area contributed by atoms with Gasteiger partial charge < -0.3 is 14.4 Å². The van der Waals surface area contributed by atoms with Gasteiger partial charge in [-0.15, -0.1) is 0 Å². The Morgan fingerprint density at radius 2 is 2.31 bits per heavy atom. The topological polar surface area (TPSA) is 47.3 Å². The maximum Gasteiger partial charge on any atom is 0.111 e. The van der Waals surface area contributed by atoms with Crippen LogP contribution in [0.5, 0.6) is 0 Å². The van der Waals surface area contributed by atoms with E-state index in [4.69, 9.17) is 4.74 Å². The summed E-state index contributed by atoms with van der Waals surface area (Å²) in [6.07, 6.45) is 6.08. The molecule has 1 aromatic heterocycles. The molecule has 0 aromatic carbocycles. The zero-order valence-electron chi connectivity index (χ0n) is 9.80. The lowest BCUT2D eigenvalue weighted by Crippen LogP contribution is -2.29. The second-order valence-corrected chi connectivity index (χ2v) is 4.35. The number of aliphatic hydroxyl groups excluding tert-OH is 1. The van der Waals surface area contributed by atoms with Gasteiger partial charge in [0.1, 0.15) is 5.82 Å². The highest BCUT2D eigenvalue weighted by Crippen LogP contribution is 2.21. The molecule has 0 spiro atoms. The zero-order valence-corrected chi connectivity index (χ0v) is 9.80. The van der Waals surface area contributed by atoms with Crippen LogP contribution in [0.1, 0.15) is 25.6 Å². The van der Waals surface area contributed by atoms with Crippen molar-refractivity contribution in [3.63, 3.8) is 0 Å². The van der Waals surface area contributed by atoms with Crippen molar-refractivity contribution in [2.24, 2.45) is 5.92 Å². The first-order chi connectivity index (χ1) is 7.81. The van der Waals surface area contributed by atoms with Crippen molar-refractivity contribution in [2.75, 3.05) is 13.2 Å². The predicted molar refractivity (Wildman–Crippen MR) is 61.2 cm³/mol. The maximum absolute atomic E-state index is 10.2. The fraction of sp³-hybridized carbons (Fsp3) is 0.750. The number of aryl methyl sites for hydroxylation is 1. The summed E-state index contributed by atoms with van der Waals surface area (Å²) in [5, 5.41) is 10.2. The molecular formula is C12H20N2O2. The minimum atomic E-state index is -0.281. The van der Waals surface area contributed by atoms with Crippen LogP contribution in [-0.4, -0.2) is 34.0 Å². The van der Waals surface area contributed by atoms with Gasteiger partial charge in [-0.25, -0.2) is 4.98 Å². The molecule has 2 rings (SSSR count). The van der Waals surface area contributed by atoms with Crippen LogP contribution >= 0.6 is 0 Å². The molecule has 90 valence electrons. The zero-order chi connectivity index (χ0) is 11.4. The molecule has 1 aliphatic heterocycles. The molecule has 1 aromatic rings. The molecule has 4 heteroatoms. The molecule has 0 radical (unpaired) electrons. The Bertz CT molecular complexity index is 319. The number of aliphatic hydroxyl groups is 1. The summed E-state index contributed by atoms with van der Waals surface area (Å²) >= 11 is 0. The molecule has 1 fully saturated rings. The highest BCUT2D eigenvalue weighted by Gasteiger charge is 2.23. The van der Waals surface area contributed by atoms with Crippen molar-refractivity contribution < 1.29 is 9.84 Å². The molecule has 0 aliphatic carbocycles. The van der Waals surface area contributed by atoms with Crippen LogP contribution in [0.25, 0.3) is 0 Å². The van der Waals surface area contributed by atoms with Crippen LogP contribution in [0.4, 0.5) is 0 Å². The van der Waals surface area contributed by atoms with E-state index < -0.39 is 0 Å². The van der Waals surface area contributed by atoms with Gasteiger partial charge in [0.05, 0.1) is 6.10 Å². The lowest BCUT2D eigenvalue weighted by molar-refractivity contribution is 0.00743. The van der Waals surface area contributed by atoms with E-state index >= 15 is 0 Å². The third-order valence-corrected chi connectivity index (χ3v) is 3.34. The molecule has 1 aliphatic rings. The Morgan fingerprint density at radius 3 is 3.00 bits per heavy atom. The summed E-state index contributed by atoms with van der Waals surface area (Å²) in [4.78, 5) is 4.29. The average Bonchev–Trinajstić information content (AvgIpc) is 2.77. The van der Waals surface area contributed by atoms with Crippen molar-refractivity contribution in [2.45, 2.75) is 38.8 Å². The molecular weight excluding hydrogens is 204 g/mol. The van der Waals surface area contributed by atoms with Crippen LogP contribution < -0.4 is 0 Å². The highest BCUT2D eigenvalue weighted by atomic mass is 16.5. The third-order valence-electron chi connectivity index (χ3n) is 3.34. The van der Waals surface area contributed by atoms with Crippen LogP contribution in [0.2, 0.25) is 0 Å². The monoisotopic (exact) mass is 224 g/mol. The molecule has 4 nitrogen and oxygen atoms in total. The van der Waals surface area contributed by atoms with Crippen molar-refractivity contribution in [1.29, 1.82) is 0 Å². The van der Waals surface area contributed by atoms with Crippen LogP contribution in [0.3, 0.4) is 0 Å². The predicted octanol–water partition coefficient (Wildman–Crippen LogP) is 1.23. The standard InChI is InChI=1S/C12H20N2O2/c1-2-14-6-5-13-12(14)9-11(15)10-3-7-16-8-4-10/h5-6,10-11,15H,2-4,7-9H2,1H3. The number of ether oxygens (including phenoxy) is 1. The molecule has 0 saturated carbocycles. The molecule has 2 heterocycles. The number of imidazole rings is 1. The van der Waals surface area contributed by atoms with E-state index in [2.05, 4.69) is 16.5 Å². The van der Waals surface area contributed by atoms with Gasteiger partial charge in [-0.2, -0.15) is 0 Å². The highest BCUT2D eigenvalue weighted by molar-refractivity contribution is 4.95. The first-order valence-electron chi connectivity index (χ1n) is 6.07. The van der Waals surface area contributed by atoms with Crippen LogP contribution in [-0.2, 0) is 17.7 Å². The van der Waals surface area contributed by atoms with E-state index in [9.17, 15) is 5.11 Å². The van der Waals surface area contributed by atoms with Gasteiger partial charge in [-0.1, -0.05) is 0 Å². The van der Waals surface area contributed by atoms with Crippen molar-refractivity contribution in [3.8, 4) is 0 Å². The number of hydrogen-bond acceptors (Lipinski definition) is 3. The normalized spacial score (nSPS) is 19.9. The molecule has 16 heavy (non-hydrogen) atoms. The number of rotatable bonds is 4. The van der Waals surface area contributed by atoms with Crippen molar-refractivity contribution >= 4 is 0 Å². The second-order valence-electron chi connectivity index (χ2n) is 4.35. The van der Waals surface area contributed by atoms with Crippen LogP contribution in [0.15, 0.2) is 12.4 Å². The minimum absolute atomic E-state index is 0.281. The van der Waals surface area contributed by atoms with E-state index in [1.165, 1.54) is 0 Å². The largest absolute Gasteiger partial charge is 0.392 e. The fourth-order valence-electron chi connectivity index (χ4n) is 2.27. The SMILES string of the molecule is CCn1ccnc1CC(O)C1CCOCC1. The molecule has 1 atom stereocenters. The van der Waals surface area contributed by atoms with E-state index in [-0.39, 0.29) is 6.10 Å². The first-order valence-corrected chi connectivity index (χ1v) is 6.07. The summed E-state index contributed by atoms with van der Waals surface area (Å²) in [5.74, 6) is 1.36. The van der Waals surface area contributed by atoms with Crippen LogP contribution in [0, 0.1) is 5.92 Å².